The number of ether oxygens (including phenoxy) is 2. The summed E-state index contributed by atoms with van der Waals surface area (Å²) < 4.78 is 10.9. The molecule has 28 heavy (non-hydrogen) atoms. The highest BCUT2D eigenvalue weighted by Crippen LogP contribution is 2.46. The molecule has 0 unspecified atom stereocenters. The predicted molar refractivity (Wildman–Crippen MR) is 102 cm³/mol. The van der Waals surface area contributed by atoms with Crippen LogP contribution in [0.5, 0.6) is 11.5 Å². The number of rotatable bonds is 5. The summed E-state index contributed by atoms with van der Waals surface area (Å²) in [5.74, 6) is -2.15. The van der Waals surface area contributed by atoms with Gasteiger partial charge < -0.3 is 24.8 Å². The average molecular weight is 390 g/mol. The van der Waals surface area contributed by atoms with Crippen molar-refractivity contribution < 1.29 is 24.5 Å². The van der Waals surface area contributed by atoms with Crippen LogP contribution in [0.1, 0.15) is 50.4 Å². The molecule has 1 aromatic carbocycles. The van der Waals surface area contributed by atoms with Crippen LogP contribution in [-0.4, -0.2) is 44.7 Å². The lowest BCUT2D eigenvalue weighted by atomic mass is 9.66. The monoisotopic (exact) mass is 390 g/mol. The molecule has 8 nitrogen and oxygen atoms in total. The highest BCUT2D eigenvalue weighted by molar-refractivity contribution is 5.77. The summed E-state index contributed by atoms with van der Waals surface area (Å²) in [4.78, 5) is 25.5. The number of phenolic OH excluding ortho intramolecular Hbond substituents is 1. The Balaban J connectivity index is 2.20. The number of carbonyl (C=O) groups excluding carboxylic acids is 1. The maximum Gasteiger partial charge on any atom is 0.313 e. The molecule has 1 aliphatic carbocycles. The van der Waals surface area contributed by atoms with Gasteiger partial charge in [0, 0.05) is 23.6 Å². The molecule has 8 heteroatoms. The van der Waals surface area contributed by atoms with E-state index >= 15 is 0 Å². The third-order valence-electron chi connectivity index (χ3n) is 4.99. The molecule has 2 aromatic rings. The van der Waals surface area contributed by atoms with E-state index in [0.717, 1.165) is 0 Å². The van der Waals surface area contributed by atoms with Gasteiger partial charge in [-0.1, -0.05) is 6.07 Å². The number of phenols is 1. The van der Waals surface area contributed by atoms with Crippen molar-refractivity contribution >= 4 is 5.97 Å². The maximum atomic E-state index is 12.9. The SMILES string of the molecule is CCOc1cc([C@@H]2c3c([nH][nH]c3=O)C[C@@](C)(O)[C@@H]2C(=O)OC(C)C)ccc1O. The van der Waals surface area contributed by atoms with E-state index in [-0.39, 0.29) is 29.6 Å². The van der Waals surface area contributed by atoms with Crippen molar-refractivity contribution in [2.45, 2.75) is 51.7 Å². The Bertz CT molecular complexity index is 927. The fraction of sp³-hybridized carbons (Fsp3) is 0.500. The Labute approximate surface area is 162 Å². The number of aromatic hydroxyl groups is 1. The van der Waals surface area contributed by atoms with Crippen LogP contribution in [0.2, 0.25) is 0 Å². The summed E-state index contributed by atoms with van der Waals surface area (Å²) in [6.45, 7) is 7.15. The van der Waals surface area contributed by atoms with E-state index in [9.17, 15) is 19.8 Å². The summed E-state index contributed by atoms with van der Waals surface area (Å²) in [5, 5.41) is 26.5. The normalized spacial score (nSPS) is 24.1. The Hall–Kier alpha value is -2.74. The number of aromatic amines is 2. The Morgan fingerprint density at radius 3 is 2.71 bits per heavy atom. The van der Waals surface area contributed by atoms with E-state index < -0.39 is 23.4 Å². The van der Waals surface area contributed by atoms with E-state index in [1.165, 1.54) is 6.07 Å². The Morgan fingerprint density at radius 1 is 1.36 bits per heavy atom. The van der Waals surface area contributed by atoms with Crippen LogP contribution >= 0.6 is 0 Å². The number of fused-ring (bicyclic) bond motifs is 1. The molecule has 0 spiro atoms. The van der Waals surface area contributed by atoms with Crippen molar-refractivity contribution in [3.63, 3.8) is 0 Å². The molecule has 0 aliphatic heterocycles. The van der Waals surface area contributed by atoms with Gasteiger partial charge in [0.2, 0.25) is 0 Å². The van der Waals surface area contributed by atoms with E-state index in [4.69, 9.17) is 9.47 Å². The van der Waals surface area contributed by atoms with Crippen molar-refractivity contribution in [3.05, 3.63) is 45.4 Å². The zero-order chi connectivity index (χ0) is 20.6. The largest absolute Gasteiger partial charge is 0.504 e. The number of H-pyrrole nitrogens is 2. The second-order valence-corrected chi connectivity index (χ2v) is 7.61. The number of hydrogen-bond acceptors (Lipinski definition) is 6. The number of aliphatic hydroxyl groups is 1. The molecule has 0 fully saturated rings. The molecule has 0 saturated heterocycles. The van der Waals surface area contributed by atoms with Crippen LogP contribution in [0.25, 0.3) is 0 Å². The molecule has 1 aliphatic rings. The summed E-state index contributed by atoms with van der Waals surface area (Å²) in [5.41, 5.74) is -0.314. The molecule has 0 bridgehead atoms. The van der Waals surface area contributed by atoms with Gasteiger partial charge in [-0.3, -0.25) is 14.7 Å². The van der Waals surface area contributed by atoms with Crippen molar-refractivity contribution in [3.8, 4) is 11.5 Å². The summed E-state index contributed by atoms with van der Waals surface area (Å²) in [7, 11) is 0. The first kappa shape index (κ1) is 20.0. The molecular weight excluding hydrogens is 364 g/mol. The summed E-state index contributed by atoms with van der Waals surface area (Å²) in [6.07, 6.45) is -0.264. The predicted octanol–water partition coefficient (Wildman–Crippen LogP) is 1.81. The van der Waals surface area contributed by atoms with Crippen molar-refractivity contribution in [1.82, 2.24) is 10.2 Å². The van der Waals surface area contributed by atoms with Gasteiger partial charge in [0.05, 0.1) is 24.2 Å². The lowest BCUT2D eigenvalue weighted by molar-refractivity contribution is -0.163. The standard InChI is InChI=1S/C20H26N2O6/c1-5-27-14-8-11(6-7-13(14)23)15-16-12(21-22-18(16)24)9-20(4,26)17(15)19(25)28-10(2)3/h6-8,10,15,17,23,26H,5,9H2,1-4H3,(H2,21,22,24)/t15-,17+,20-/m1/s1. The van der Waals surface area contributed by atoms with Gasteiger partial charge >= 0.3 is 5.97 Å². The highest BCUT2D eigenvalue weighted by atomic mass is 16.5. The number of hydrogen-bond donors (Lipinski definition) is 4. The topological polar surface area (TPSA) is 125 Å². The van der Waals surface area contributed by atoms with E-state index in [0.29, 0.717) is 23.4 Å². The molecule has 3 atom stereocenters. The second-order valence-electron chi connectivity index (χ2n) is 7.61. The first-order chi connectivity index (χ1) is 13.2. The summed E-state index contributed by atoms with van der Waals surface area (Å²) >= 11 is 0. The molecule has 0 saturated carbocycles. The minimum absolute atomic E-state index is 0.0438. The van der Waals surface area contributed by atoms with Gasteiger partial charge in [0.1, 0.15) is 0 Å². The molecule has 0 amide bonds. The van der Waals surface area contributed by atoms with Crippen molar-refractivity contribution in [2.75, 3.05) is 6.61 Å². The molecular formula is C20H26N2O6. The molecule has 3 rings (SSSR count). The number of aromatic nitrogens is 2. The molecule has 4 N–H and O–H groups in total. The minimum atomic E-state index is -1.45. The van der Waals surface area contributed by atoms with Crippen molar-refractivity contribution in [1.29, 1.82) is 0 Å². The van der Waals surface area contributed by atoms with Crippen LogP contribution in [0.4, 0.5) is 0 Å². The number of esters is 1. The first-order valence-corrected chi connectivity index (χ1v) is 9.33. The number of benzene rings is 1. The van der Waals surface area contributed by atoms with Gasteiger partial charge in [0.15, 0.2) is 11.5 Å². The van der Waals surface area contributed by atoms with Crippen LogP contribution in [0.3, 0.4) is 0 Å². The smallest absolute Gasteiger partial charge is 0.313 e. The number of carbonyl (C=O) groups is 1. The van der Waals surface area contributed by atoms with Gasteiger partial charge in [-0.25, -0.2) is 0 Å². The maximum absolute atomic E-state index is 12.9. The lowest BCUT2D eigenvalue weighted by Gasteiger charge is -2.40. The van der Waals surface area contributed by atoms with Crippen LogP contribution < -0.4 is 10.3 Å². The fourth-order valence-electron chi connectivity index (χ4n) is 3.92. The third kappa shape index (κ3) is 3.52. The second kappa shape index (κ2) is 7.35. The van der Waals surface area contributed by atoms with Gasteiger partial charge in [-0.2, -0.15) is 0 Å². The quantitative estimate of drug-likeness (QED) is 0.577. The van der Waals surface area contributed by atoms with E-state index in [2.05, 4.69) is 10.2 Å². The van der Waals surface area contributed by atoms with Crippen LogP contribution in [0, 0.1) is 5.92 Å². The molecule has 0 radical (unpaired) electrons. The van der Waals surface area contributed by atoms with Crippen LogP contribution in [0.15, 0.2) is 23.0 Å². The number of nitrogens with one attached hydrogen (secondary N) is 2. The van der Waals surface area contributed by atoms with Crippen LogP contribution in [-0.2, 0) is 16.0 Å². The first-order valence-electron chi connectivity index (χ1n) is 9.33. The minimum Gasteiger partial charge on any atom is -0.504 e. The van der Waals surface area contributed by atoms with Gasteiger partial charge in [-0.05, 0) is 45.4 Å². The fourth-order valence-corrected chi connectivity index (χ4v) is 3.92. The molecule has 152 valence electrons. The molecule has 1 heterocycles. The van der Waals surface area contributed by atoms with Gasteiger partial charge in [-0.15, -0.1) is 0 Å². The zero-order valence-corrected chi connectivity index (χ0v) is 16.4. The Morgan fingerprint density at radius 2 is 2.07 bits per heavy atom. The highest BCUT2D eigenvalue weighted by Gasteiger charge is 2.51. The molecule has 1 aromatic heterocycles. The third-order valence-corrected chi connectivity index (χ3v) is 4.99. The Kier molecular flexibility index (Phi) is 5.25. The average Bonchev–Trinajstić information content (AvgIpc) is 2.94. The lowest BCUT2D eigenvalue weighted by Crippen LogP contribution is -2.50. The van der Waals surface area contributed by atoms with Crippen molar-refractivity contribution in [2.24, 2.45) is 5.92 Å². The van der Waals surface area contributed by atoms with E-state index in [1.54, 1.807) is 39.8 Å². The summed E-state index contributed by atoms with van der Waals surface area (Å²) in [6, 6.07) is 4.67. The zero-order valence-electron chi connectivity index (χ0n) is 16.4. The van der Waals surface area contributed by atoms with Gasteiger partial charge in [0.25, 0.3) is 5.56 Å². The van der Waals surface area contributed by atoms with E-state index in [1.807, 2.05) is 0 Å².